The number of primary amides is 1. The fourth-order valence-corrected chi connectivity index (χ4v) is 0.799. The molecule has 0 radical (unpaired) electrons. The van der Waals surface area contributed by atoms with Gasteiger partial charge in [-0.05, 0) is 0 Å². The number of urea groups is 1. The van der Waals surface area contributed by atoms with E-state index in [1.807, 2.05) is 0 Å². The Morgan fingerprint density at radius 3 is 2.23 bits per heavy atom. The van der Waals surface area contributed by atoms with Crippen LogP contribution in [0.3, 0.4) is 0 Å². The van der Waals surface area contributed by atoms with Crippen LogP contribution in [0.25, 0.3) is 0 Å². The van der Waals surface area contributed by atoms with Crippen LogP contribution in [0.4, 0.5) is 10.5 Å². The predicted molar refractivity (Wildman–Crippen MR) is 44.6 cm³/mol. The molecular formula is C7H8N2O4. The van der Waals surface area contributed by atoms with Crippen LogP contribution in [0, 0.1) is 0 Å². The molecule has 0 aliphatic heterocycles. The summed E-state index contributed by atoms with van der Waals surface area (Å²) in [5, 5.41) is 29.1. The first kappa shape index (κ1) is 8.98. The molecule has 1 aromatic rings. The number of phenols is 3. The van der Waals surface area contributed by atoms with Gasteiger partial charge in [-0.3, -0.25) is 0 Å². The Morgan fingerprint density at radius 2 is 1.69 bits per heavy atom. The number of aromatic hydroxyl groups is 3. The molecule has 0 heterocycles. The highest BCUT2D eigenvalue weighted by molar-refractivity contribution is 5.90. The summed E-state index contributed by atoms with van der Waals surface area (Å²) in [6.07, 6.45) is 0. The number of hydrogen-bond donors (Lipinski definition) is 5. The van der Waals surface area contributed by atoms with E-state index >= 15 is 0 Å². The molecule has 0 aliphatic rings. The van der Waals surface area contributed by atoms with Gasteiger partial charge in [0.15, 0.2) is 11.5 Å². The Kier molecular flexibility index (Phi) is 2.14. The number of carbonyl (C=O) groups excluding carboxylic acids is 1. The van der Waals surface area contributed by atoms with Crippen LogP contribution in [0.1, 0.15) is 0 Å². The summed E-state index contributed by atoms with van der Waals surface area (Å²) in [7, 11) is 0. The molecule has 0 atom stereocenters. The number of amides is 2. The van der Waals surface area contributed by atoms with E-state index in [9.17, 15) is 4.79 Å². The first-order chi connectivity index (χ1) is 6.00. The molecule has 0 aliphatic carbocycles. The van der Waals surface area contributed by atoms with Crippen molar-refractivity contribution in [1.82, 2.24) is 0 Å². The molecule has 0 spiro atoms. The van der Waals surface area contributed by atoms with E-state index in [0.717, 1.165) is 12.1 Å². The fourth-order valence-electron chi connectivity index (χ4n) is 0.799. The summed E-state index contributed by atoms with van der Waals surface area (Å²) >= 11 is 0. The van der Waals surface area contributed by atoms with Gasteiger partial charge in [0.1, 0.15) is 5.75 Å². The van der Waals surface area contributed by atoms with E-state index < -0.39 is 17.5 Å². The Bertz CT molecular complexity index is 351. The molecule has 6 nitrogen and oxygen atoms in total. The van der Waals surface area contributed by atoms with Crippen LogP contribution < -0.4 is 11.1 Å². The second-order valence-corrected chi connectivity index (χ2v) is 2.35. The third kappa shape index (κ3) is 1.92. The lowest BCUT2D eigenvalue weighted by Gasteiger charge is -2.05. The van der Waals surface area contributed by atoms with Crippen molar-refractivity contribution in [3.05, 3.63) is 12.1 Å². The average Bonchev–Trinajstić information content (AvgIpc) is 1.99. The minimum atomic E-state index is -0.875. The minimum absolute atomic E-state index is 0.0669. The predicted octanol–water partition coefficient (Wildman–Crippen LogP) is 0.294. The van der Waals surface area contributed by atoms with Gasteiger partial charge in [0.25, 0.3) is 0 Å². The average molecular weight is 184 g/mol. The van der Waals surface area contributed by atoms with Crippen molar-refractivity contribution in [2.75, 3.05) is 5.32 Å². The maximum atomic E-state index is 10.4. The second-order valence-electron chi connectivity index (χ2n) is 2.35. The van der Waals surface area contributed by atoms with E-state index in [2.05, 4.69) is 5.32 Å². The highest BCUT2D eigenvalue weighted by atomic mass is 16.3. The van der Waals surface area contributed by atoms with E-state index in [0.29, 0.717) is 0 Å². The first-order valence-electron chi connectivity index (χ1n) is 3.32. The minimum Gasteiger partial charge on any atom is -0.506 e. The van der Waals surface area contributed by atoms with Crippen LogP contribution in [0.2, 0.25) is 0 Å². The molecule has 6 heteroatoms. The van der Waals surface area contributed by atoms with E-state index in [-0.39, 0.29) is 11.4 Å². The lowest BCUT2D eigenvalue weighted by molar-refractivity contribution is 0.259. The zero-order valence-corrected chi connectivity index (χ0v) is 6.48. The Labute approximate surface area is 73.2 Å². The summed E-state index contributed by atoms with van der Waals surface area (Å²) < 4.78 is 0. The molecule has 0 aromatic heterocycles. The molecule has 70 valence electrons. The standard InChI is InChI=1S/C7H8N2O4/c8-7(13)9-3-1-5(11)6(12)2-4(3)10/h1-2,10-12H,(H3,8,9,13). The van der Waals surface area contributed by atoms with Crippen LogP contribution >= 0.6 is 0 Å². The third-order valence-corrected chi connectivity index (χ3v) is 1.35. The number of carbonyl (C=O) groups is 1. The highest BCUT2D eigenvalue weighted by Gasteiger charge is 2.08. The van der Waals surface area contributed by atoms with Crippen molar-refractivity contribution in [3.63, 3.8) is 0 Å². The Morgan fingerprint density at radius 1 is 1.15 bits per heavy atom. The van der Waals surface area contributed by atoms with Gasteiger partial charge in [-0.1, -0.05) is 0 Å². The molecule has 2 amide bonds. The van der Waals surface area contributed by atoms with Crippen LogP contribution in [0.5, 0.6) is 17.2 Å². The maximum absolute atomic E-state index is 10.4. The molecule has 0 bridgehead atoms. The van der Waals surface area contributed by atoms with Gasteiger partial charge in [0.2, 0.25) is 0 Å². The number of phenolic OH excluding ortho intramolecular Hbond substituents is 3. The zero-order chi connectivity index (χ0) is 10.0. The fraction of sp³-hybridized carbons (Fsp3) is 0. The summed E-state index contributed by atoms with van der Waals surface area (Å²) in [6.45, 7) is 0. The van der Waals surface area contributed by atoms with Crippen LogP contribution in [0.15, 0.2) is 12.1 Å². The van der Waals surface area contributed by atoms with Gasteiger partial charge >= 0.3 is 6.03 Å². The highest BCUT2D eigenvalue weighted by Crippen LogP contribution is 2.35. The molecule has 13 heavy (non-hydrogen) atoms. The van der Waals surface area contributed by atoms with Gasteiger partial charge in [0.05, 0.1) is 5.69 Å². The maximum Gasteiger partial charge on any atom is 0.316 e. The summed E-state index contributed by atoms with van der Waals surface area (Å²) in [5.74, 6) is -1.32. The summed E-state index contributed by atoms with van der Waals surface area (Å²) in [6, 6.07) is 0.996. The Hall–Kier alpha value is -2.11. The second kappa shape index (κ2) is 3.10. The molecular weight excluding hydrogens is 176 g/mol. The Balaban J connectivity index is 3.08. The zero-order valence-electron chi connectivity index (χ0n) is 6.48. The van der Waals surface area contributed by atoms with E-state index in [1.165, 1.54) is 0 Å². The lowest BCUT2D eigenvalue weighted by atomic mass is 10.2. The summed E-state index contributed by atoms with van der Waals surface area (Å²) in [4.78, 5) is 10.4. The van der Waals surface area contributed by atoms with Gasteiger partial charge in [-0.25, -0.2) is 4.79 Å². The normalized spacial score (nSPS) is 9.54. The van der Waals surface area contributed by atoms with E-state index in [4.69, 9.17) is 21.1 Å². The number of benzene rings is 1. The third-order valence-electron chi connectivity index (χ3n) is 1.35. The molecule has 1 rings (SSSR count). The van der Waals surface area contributed by atoms with Crippen molar-refractivity contribution in [1.29, 1.82) is 0 Å². The van der Waals surface area contributed by atoms with Gasteiger partial charge in [-0.15, -0.1) is 0 Å². The van der Waals surface area contributed by atoms with Crippen molar-refractivity contribution >= 4 is 11.7 Å². The number of anilines is 1. The smallest absolute Gasteiger partial charge is 0.316 e. The number of nitrogens with two attached hydrogens (primary N) is 1. The molecule has 0 saturated heterocycles. The SMILES string of the molecule is NC(=O)Nc1cc(O)c(O)cc1O. The van der Waals surface area contributed by atoms with Gasteiger partial charge < -0.3 is 26.4 Å². The molecule has 1 aromatic carbocycles. The number of nitrogens with one attached hydrogen (secondary N) is 1. The van der Waals surface area contributed by atoms with Gasteiger partial charge in [-0.2, -0.15) is 0 Å². The first-order valence-corrected chi connectivity index (χ1v) is 3.32. The van der Waals surface area contributed by atoms with Crippen molar-refractivity contribution in [2.45, 2.75) is 0 Å². The molecule has 0 saturated carbocycles. The van der Waals surface area contributed by atoms with Crippen LogP contribution in [-0.2, 0) is 0 Å². The van der Waals surface area contributed by atoms with Gasteiger partial charge in [0, 0.05) is 12.1 Å². The largest absolute Gasteiger partial charge is 0.506 e. The molecule has 0 fully saturated rings. The van der Waals surface area contributed by atoms with Crippen molar-refractivity contribution in [2.24, 2.45) is 5.73 Å². The molecule has 0 unspecified atom stereocenters. The van der Waals surface area contributed by atoms with Crippen molar-refractivity contribution in [3.8, 4) is 17.2 Å². The lowest BCUT2D eigenvalue weighted by Crippen LogP contribution is -2.19. The monoisotopic (exact) mass is 184 g/mol. The van der Waals surface area contributed by atoms with Crippen molar-refractivity contribution < 1.29 is 20.1 Å². The molecule has 6 N–H and O–H groups in total. The number of rotatable bonds is 1. The van der Waals surface area contributed by atoms with Crippen LogP contribution in [-0.4, -0.2) is 21.4 Å². The summed E-state index contributed by atoms with van der Waals surface area (Å²) in [5.41, 5.74) is 4.71. The number of hydrogen-bond acceptors (Lipinski definition) is 4. The topological polar surface area (TPSA) is 116 Å². The van der Waals surface area contributed by atoms with E-state index in [1.54, 1.807) is 0 Å². The quantitative estimate of drug-likeness (QED) is 0.318.